The molecule has 0 amide bonds. The van der Waals surface area contributed by atoms with E-state index < -0.39 is 6.10 Å². The lowest BCUT2D eigenvalue weighted by molar-refractivity contribution is 0.0300. The number of allylic oxidation sites excluding steroid dienone is 1. The summed E-state index contributed by atoms with van der Waals surface area (Å²) in [4.78, 5) is 6.64. The van der Waals surface area contributed by atoms with Gasteiger partial charge in [-0.1, -0.05) is 26.3 Å². The Balaban J connectivity index is 4.15. The van der Waals surface area contributed by atoms with Crippen molar-refractivity contribution in [2.24, 2.45) is 10.9 Å². The maximum absolute atomic E-state index is 9.95. The first kappa shape index (κ1) is 21.9. The van der Waals surface area contributed by atoms with Crippen LogP contribution in [0.5, 0.6) is 0 Å². The fraction of sp³-hybridized carbons (Fsp3) is 0.833. The Morgan fingerprint density at radius 2 is 2.04 bits per heavy atom. The zero-order valence-corrected chi connectivity index (χ0v) is 15.6. The summed E-state index contributed by atoms with van der Waals surface area (Å²) in [5, 5.41) is 13.2. The van der Waals surface area contributed by atoms with Crippen molar-refractivity contribution in [3.05, 3.63) is 12.7 Å². The fourth-order valence-electron chi connectivity index (χ4n) is 2.07. The number of unbranched alkanes of at least 4 members (excludes halogenated alkanes) is 3. The second-order valence-electron chi connectivity index (χ2n) is 6.34. The van der Waals surface area contributed by atoms with E-state index in [0.717, 1.165) is 31.9 Å². The minimum absolute atomic E-state index is 0.340. The molecule has 0 aromatic heterocycles. The van der Waals surface area contributed by atoms with Crippen LogP contribution in [0.1, 0.15) is 46.5 Å². The SMILES string of the molecule is C=CCCCCCN(C)C(=NCC(O)COCC(C)C)NCC. The van der Waals surface area contributed by atoms with Gasteiger partial charge in [-0.3, -0.25) is 4.99 Å². The molecule has 0 spiro atoms. The van der Waals surface area contributed by atoms with Crippen LogP contribution in [-0.4, -0.2) is 62.0 Å². The number of hydrogen-bond donors (Lipinski definition) is 2. The third kappa shape index (κ3) is 13.1. The molecule has 0 aliphatic heterocycles. The van der Waals surface area contributed by atoms with Gasteiger partial charge >= 0.3 is 0 Å². The van der Waals surface area contributed by atoms with Crippen LogP contribution in [-0.2, 0) is 4.74 Å². The van der Waals surface area contributed by atoms with Crippen LogP contribution in [0.2, 0.25) is 0 Å². The monoisotopic (exact) mass is 327 g/mol. The quantitative estimate of drug-likeness (QED) is 0.236. The zero-order chi connectivity index (χ0) is 17.5. The van der Waals surface area contributed by atoms with Gasteiger partial charge in [0.2, 0.25) is 0 Å². The molecular weight excluding hydrogens is 290 g/mol. The molecule has 1 unspecified atom stereocenters. The van der Waals surface area contributed by atoms with Crippen LogP contribution in [0.4, 0.5) is 0 Å². The highest BCUT2D eigenvalue weighted by atomic mass is 16.5. The minimum Gasteiger partial charge on any atom is -0.389 e. The third-order valence-electron chi connectivity index (χ3n) is 3.31. The Kier molecular flexibility index (Phi) is 13.8. The Morgan fingerprint density at radius 3 is 2.65 bits per heavy atom. The van der Waals surface area contributed by atoms with Gasteiger partial charge in [-0.05, 0) is 32.1 Å². The molecule has 5 heteroatoms. The average Bonchev–Trinajstić information content (AvgIpc) is 2.50. The summed E-state index contributed by atoms with van der Waals surface area (Å²) in [7, 11) is 2.04. The molecule has 5 nitrogen and oxygen atoms in total. The summed E-state index contributed by atoms with van der Waals surface area (Å²) in [6, 6.07) is 0. The van der Waals surface area contributed by atoms with Crippen LogP contribution in [0.25, 0.3) is 0 Å². The lowest BCUT2D eigenvalue weighted by Crippen LogP contribution is -2.40. The standard InChI is InChI=1S/C18H37N3O2/c1-6-8-9-10-11-12-21(5)18(19-7-2)20-13-17(22)15-23-14-16(3)4/h6,16-17,22H,1,7-15H2,2-5H3,(H,19,20). The maximum Gasteiger partial charge on any atom is 0.193 e. The first-order valence-corrected chi connectivity index (χ1v) is 8.87. The maximum atomic E-state index is 9.95. The van der Waals surface area contributed by atoms with Crippen molar-refractivity contribution in [2.75, 3.05) is 39.9 Å². The molecule has 0 bridgehead atoms. The Morgan fingerprint density at radius 1 is 1.30 bits per heavy atom. The molecule has 136 valence electrons. The van der Waals surface area contributed by atoms with Crippen LogP contribution >= 0.6 is 0 Å². The molecule has 0 fully saturated rings. The lowest BCUT2D eigenvalue weighted by Gasteiger charge is -2.22. The van der Waals surface area contributed by atoms with Gasteiger partial charge in [0, 0.05) is 26.7 Å². The van der Waals surface area contributed by atoms with Crippen molar-refractivity contribution in [1.82, 2.24) is 10.2 Å². The predicted molar refractivity (Wildman–Crippen MR) is 98.9 cm³/mol. The van der Waals surface area contributed by atoms with Gasteiger partial charge in [-0.15, -0.1) is 6.58 Å². The molecule has 0 aliphatic rings. The molecular formula is C18H37N3O2. The van der Waals surface area contributed by atoms with Crippen molar-refractivity contribution >= 4 is 5.96 Å². The van der Waals surface area contributed by atoms with E-state index in [-0.39, 0.29) is 0 Å². The van der Waals surface area contributed by atoms with Crippen molar-refractivity contribution < 1.29 is 9.84 Å². The highest BCUT2D eigenvalue weighted by Crippen LogP contribution is 2.02. The van der Waals surface area contributed by atoms with Crippen LogP contribution in [0, 0.1) is 5.92 Å². The molecule has 0 aromatic rings. The molecule has 0 heterocycles. The number of aliphatic hydroxyl groups excluding tert-OH is 1. The summed E-state index contributed by atoms with van der Waals surface area (Å²) in [6.07, 6.45) is 6.02. The van der Waals surface area contributed by atoms with Gasteiger partial charge in [0.1, 0.15) is 0 Å². The van der Waals surface area contributed by atoms with Crippen LogP contribution in [0.15, 0.2) is 17.6 Å². The second kappa shape index (κ2) is 14.5. The van der Waals surface area contributed by atoms with E-state index >= 15 is 0 Å². The van der Waals surface area contributed by atoms with Gasteiger partial charge < -0.3 is 20.1 Å². The predicted octanol–water partition coefficient (Wildman–Crippen LogP) is 2.66. The molecule has 0 aliphatic carbocycles. The van der Waals surface area contributed by atoms with Crippen LogP contribution in [0.3, 0.4) is 0 Å². The topological polar surface area (TPSA) is 57.1 Å². The lowest BCUT2D eigenvalue weighted by atomic mass is 10.2. The molecule has 0 saturated carbocycles. The van der Waals surface area contributed by atoms with E-state index in [2.05, 4.69) is 42.6 Å². The van der Waals surface area contributed by atoms with E-state index in [1.807, 2.05) is 13.1 Å². The first-order valence-electron chi connectivity index (χ1n) is 8.87. The summed E-state index contributed by atoms with van der Waals surface area (Å²) < 4.78 is 5.45. The second-order valence-corrected chi connectivity index (χ2v) is 6.34. The normalized spacial score (nSPS) is 13.2. The van der Waals surface area contributed by atoms with Crippen molar-refractivity contribution in [3.8, 4) is 0 Å². The van der Waals surface area contributed by atoms with E-state index in [1.165, 1.54) is 12.8 Å². The summed E-state index contributed by atoms with van der Waals surface area (Å²) >= 11 is 0. The Hall–Kier alpha value is -1.07. The van der Waals surface area contributed by atoms with Gasteiger partial charge in [0.25, 0.3) is 0 Å². The van der Waals surface area contributed by atoms with Gasteiger partial charge in [-0.2, -0.15) is 0 Å². The third-order valence-corrected chi connectivity index (χ3v) is 3.31. The number of ether oxygens (including phenoxy) is 1. The van der Waals surface area contributed by atoms with E-state index in [0.29, 0.717) is 25.7 Å². The number of aliphatic imine (C=N–C) groups is 1. The van der Waals surface area contributed by atoms with Gasteiger partial charge in [0.15, 0.2) is 5.96 Å². The smallest absolute Gasteiger partial charge is 0.193 e. The first-order chi connectivity index (χ1) is 11.0. The molecule has 0 saturated heterocycles. The zero-order valence-electron chi connectivity index (χ0n) is 15.6. The van der Waals surface area contributed by atoms with E-state index in [9.17, 15) is 5.11 Å². The fourth-order valence-corrected chi connectivity index (χ4v) is 2.07. The summed E-state index contributed by atoms with van der Waals surface area (Å²) in [5.41, 5.74) is 0. The molecule has 0 radical (unpaired) electrons. The van der Waals surface area contributed by atoms with Gasteiger partial charge in [-0.25, -0.2) is 0 Å². The average molecular weight is 328 g/mol. The van der Waals surface area contributed by atoms with Crippen LogP contribution < -0.4 is 5.32 Å². The highest BCUT2D eigenvalue weighted by Gasteiger charge is 2.08. The number of nitrogens with one attached hydrogen (secondary N) is 1. The molecule has 0 rings (SSSR count). The highest BCUT2D eigenvalue weighted by molar-refractivity contribution is 5.79. The number of hydrogen-bond acceptors (Lipinski definition) is 3. The molecule has 23 heavy (non-hydrogen) atoms. The van der Waals surface area contributed by atoms with Crippen molar-refractivity contribution in [3.63, 3.8) is 0 Å². The van der Waals surface area contributed by atoms with Crippen molar-refractivity contribution in [2.45, 2.75) is 52.6 Å². The number of aliphatic hydroxyl groups is 1. The number of nitrogens with zero attached hydrogens (tertiary/aromatic N) is 2. The Labute approximate surface area is 142 Å². The van der Waals surface area contributed by atoms with Gasteiger partial charge in [0.05, 0.1) is 19.3 Å². The number of guanidine groups is 1. The minimum atomic E-state index is -0.552. The summed E-state index contributed by atoms with van der Waals surface area (Å²) in [5.74, 6) is 1.33. The summed E-state index contributed by atoms with van der Waals surface area (Å²) in [6.45, 7) is 13.1. The Bertz CT molecular complexity index is 319. The van der Waals surface area contributed by atoms with Crippen molar-refractivity contribution in [1.29, 1.82) is 0 Å². The molecule has 2 N–H and O–H groups in total. The molecule has 1 atom stereocenters. The van der Waals surface area contributed by atoms with E-state index in [1.54, 1.807) is 0 Å². The van der Waals surface area contributed by atoms with E-state index in [4.69, 9.17) is 4.74 Å². The number of rotatable bonds is 13. The largest absolute Gasteiger partial charge is 0.389 e. The molecule has 0 aromatic carbocycles.